The SMILES string of the molecule is Cc1cc(C)c2c(c1)/C(=N/NC(=S)Nc1cccnc1)CCC2. The van der Waals surface area contributed by atoms with Crippen LogP contribution >= 0.6 is 12.2 Å². The van der Waals surface area contributed by atoms with Crippen molar-refractivity contribution in [2.24, 2.45) is 5.10 Å². The molecule has 0 radical (unpaired) electrons. The maximum absolute atomic E-state index is 5.30. The zero-order chi connectivity index (χ0) is 16.2. The van der Waals surface area contributed by atoms with Crippen molar-refractivity contribution in [3.8, 4) is 0 Å². The number of benzene rings is 1. The molecule has 0 saturated heterocycles. The molecule has 0 atom stereocenters. The molecule has 1 aromatic heterocycles. The number of thiocarbonyl (C=S) groups is 1. The van der Waals surface area contributed by atoms with E-state index >= 15 is 0 Å². The van der Waals surface area contributed by atoms with Crippen molar-refractivity contribution in [2.45, 2.75) is 33.1 Å². The second kappa shape index (κ2) is 6.87. The van der Waals surface area contributed by atoms with Crippen LogP contribution in [0.1, 0.15) is 35.1 Å². The lowest BCUT2D eigenvalue weighted by Gasteiger charge is -2.21. The number of pyridine rings is 1. The second-order valence-electron chi connectivity index (χ2n) is 5.83. The molecule has 2 N–H and O–H groups in total. The van der Waals surface area contributed by atoms with Crippen molar-refractivity contribution in [1.82, 2.24) is 10.4 Å². The van der Waals surface area contributed by atoms with Gasteiger partial charge in [-0.15, -0.1) is 0 Å². The minimum Gasteiger partial charge on any atom is -0.330 e. The van der Waals surface area contributed by atoms with Gasteiger partial charge >= 0.3 is 0 Å². The summed E-state index contributed by atoms with van der Waals surface area (Å²) in [5.41, 5.74) is 10.2. The van der Waals surface area contributed by atoms with E-state index < -0.39 is 0 Å². The van der Waals surface area contributed by atoms with Gasteiger partial charge in [-0.05, 0) is 74.7 Å². The summed E-state index contributed by atoms with van der Waals surface area (Å²) < 4.78 is 0. The van der Waals surface area contributed by atoms with Gasteiger partial charge in [0.1, 0.15) is 0 Å². The molecular weight excluding hydrogens is 304 g/mol. The number of hydrogen-bond acceptors (Lipinski definition) is 3. The van der Waals surface area contributed by atoms with Crippen LogP contribution in [0.4, 0.5) is 5.69 Å². The van der Waals surface area contributed by atoms with Gasteiger partial charge in [-0.25, -0.2) is 0 Å². The highest BCUT2D eigenvalue weighted by molar-refractivity contribution is 7.80. The van der Waals surface area contributed by atoms with Crippen LogP contribution in [0.2, 0.25) is 0 Å². The Morgan fingerprint density at radius 3 is 2.91 bits per heavy atom. The molecule has 0 spiro atoms. The maximum Gasteiger partial charge on any atom is 0.191 e. The molecule has 0 unspecified atom stereocenters. The fourth-order valence-corrected chi connectivity index (χ4v) is 3.15. The molecular formula is C18H20N4S. The van der Waals surface area contributed by atoms with Crippen molar-refractivity contribution in [3.63, 3.8) is 0 Å². The number of rotatable bonds is 2. The van der Waals surface area contributed by atoms with Gasteiger partial charge in [0.2, 0.25) is 0 Å². The lowest BCUT2D eigenvalue weighted by atomic mass is 9.86. The van der Waals surface area contributed by atoms with E-state index in [1.54, 1.807) is 12.4 Å². The fraction of sp³-hybridized carbons (Fsp3) is 0.278. The van der Waals surface area contributed by atoms with Crippen LogP contribution in [0.5, 0.6) is 0 Å². The lowest BCUT2D eigenvalue weighted by Crippen LogP contribution is -2.26. The quantitative estimate of drug-likeness (QED) is 0.653. The summed E-state index contributed by atoms with van der Waals surface area (Å²) in [6, 6.07) is 8.24. The largest absolute Gasteiger partial charge is 0.330 e. The van der Waals surface area contributed by atoms with Gasteiger partial charge in [0.25, 0.3) is 0 Å². The Kier molecular flexibility index (Phi) is 4.67. The molecule has 0 aliphatic heterocycles. The molecule has 1 aliphatic carbocycles. The predicted molar refractivity (Wildman–Crippen MR) is 99.0 cm³/mol. The molecule has 0 fully saturated rings. The van der Waals surface area contributed by atoms with E-state index in [1.165, 1.54) is 22.3 Å². The summed E-state index contributed by atoms with van der Waals surface area (Å²) in [6.45, 7) is 4.30. The zero-order valence-electron chi connectivity index (χ0n) is 13.4. The normalized spacial score (nSPS) is 15.1. The summed E-state index contributed by atoms with van der Waals surface area (Å²) in [6.07, 6.45) is 6.67. The molecule has 1 aliphatic rings. The van der Waals surface area contributed by atoms with E-state index in [-0.39, 0.29) is 0 Å². The average Bonchev–Trinajstić information content (AvgIpc) is 2.54. The molecule has 2 aromatic rings. The first-order valence-electron chi connectivity index (χ1n) is 7.77. The first-order chi connectivity index (χ1) is 11.1. The highest BCUT2D eigenvalue weighted by Gasteiger charge is 2.17. The standard InChI is InChI=1S/C18H20N4S/c1-12-9-13(2)15-6-3-7-17(16(15)10-12)21-22-18(23)20-14-5-4-8-19-11-14/h4-5,8-11H,3,6-7H2,1-2H3,(H2,20,22,23)/b21-17+. The summed E-state index contributed by atoms with van der Waals surface area (Å²) >= 11 is 5.30. The van der Waals surface area contributed by atoms with Gasteiger partial charge in [0.05, 0.1) is 17.6 Å². The highest BCUT2D eigenvalue weighted by atomic mass is 32.1. The first kappa shape index (κ1) is 15.6. The number of aryl methyl sites for hydroxylation is 2. The lowest BCUT2D eigenvalue weighted by molar-refractivity contribution is 0.821. The maximum atomic E-state index is 5.30. The number of aromatic nitrogens is 1. The van der Waals surface area contributed by atoms with Crippen molar-refractivity contribution < 1.29 is 0 Å². The van der Waals surface area contributed by atoms with Crippen LogP contribution in [0.25, 0.3) is 0 Å². The number of nitrogens with zero attached hydrogens (tertiary/aromatic N) is 2. The molecule has 4 nitrogen and oxygen atoms in total. The van der Waals surface area contributed by atoms with E-state index in [9.17, 15) is 0 Å². The molecule has 5 heteroatoms. The molecule has 0 amide bonds. The van der Waals surface area contributed by atoms with Crippen molar-refractivity contribution in [3.05, 3.63) is 58.9 Å². The Bertz CT molecular complexity index is 753. The number of hydrogen-bond donors (Lipinski definition) is 2. The van der Waals surface area contributed by atoms with Gasteiger partial charge < -0.3 is 5.32 Å². The van der Waals surface area contributed by atoms with Crippen LogP contribution in [-0.2, 0) is 6.42 Å². The van der Waals surface area contributed by atoms with Gasteiger partial charge in [0.15, 0.2) is 5.11 Å². The second-order valence-corrected chi connectivity index (χ2v) is 6.24. The van der Waals surface area contributed by atoms with Crippen LogP contribution in [0.3, 0.4) is 0 Å². The van der Waals surface area contributed by atoms with E-state index in [0.29, 0.717) is 5.11 Å². The van der Waals surface area contributed by atoms with Gasteiger partial charge in [-0.2, -0.15) is 5.10 Å². The third-order valence-corrected chi connectivity index (χ3v) is 4.17. The van der Waals surface area contributed by atoms with Gasteiger partial charge in [0, 0.05) is 11.8 Å². The Morgan fingerprint density at radius 1 is 1.26 bits per heavy atom. The molecule has 0 bridgehead atoms. The predicted octanol–water partition coefficient (Wildman–Crippen LogP) is 3.73. The third kappa shape index (κ3) is 3.74. The number of nitrogens with one attached hydrogen (secondary N) is 2. The van der Waals surface area contributed by atoms with E-state index in [4.69, 9.17) is 12.2 Å². The molecule has 3 rings (SSSR count). The van der Waals surface area contributed by atoms with E-state index in [1.807, 2.05) is 12.1 Å². The minimum atomic E-state index is 0.474. The molecule has 118 valence electrons. The number of anilines is 1. The molecule has 1 heterocycles. The van der Waals surface area contributed by atoms with E-state index in [0.717, 1.165) is 30.7 Å². The highest BCUT2D eigenvalue weighted by Crippen LogP contribution is 2.26. The monoisotopic (exact) mass is 324 g/mol. The van der Waals surface area contributed by atoms with Crippen molar-refractivity contribution in [2.75, 3.05) is 5.32 Å². The molecule has 1 aromatic carbocycles. The molecule has 23 heavy (non-hydrogen) atoms. The van der Waals surface area contributed by atoms with Gasteiger partial charge in [-0.1, -0.05) is 11.6 Å². The first-order valence-corrected chi connectivity index (χ1v) is 8.18. The van der Waals surface area contributed by atoms with Crippen LogP contribution in [-0.4, -0.2) is 15.8 Å². The minimum absolute atomic E-state index is 0.474. The third-order valence-electron chi connectivity index (χ3n) is 3.98. The average molecular weight is 324 g/mol. The smallest absolute Gasteiger partial charge is 0.191 e. The summed E-state index contributed by atoms with van der Waals surface area (Å²) in [5.74, 6) is 0. The van der Waals surface area contributed by atoms with Gasteiger partial charge in [-0.3, -0.25) is 10.4 Å². The Hall–Kier alpha value is -2.27. The Balaban J connectivity index is 1.76. The van der Waals surface area contributed by atoms with Crippen LogP contribution in [0.15, 0.2) is 41.8 Å². The van der Waals surface area contributed by atoms with Crippen molar-refractivity contribution in [1.29, 1.82) is 0 Å². The number of fused-ring (bicyclic) bond motifs is 1. The topological polar surface area (TPSA) is 49.3 Å². The summed E-state index contributed by atoms with van der Waals surface area (Å²) in [4.78, 5) is 4.05. The summed E-state index contributed by atoms with van der Waals surface area (Å²) in [5, 5.41) is 8.10. The fourth-order valence-electron chi connectivity index (χ4n) is 2.98. The zero-order valence-corrected chi connectivity index (χ0v) is 14.2. The molecule has 0 saturated carbocycles. The van der Waals surface area contributed by atoms with Crippen LogP contribution in [0, 0.1) is 13.8 Å². The Labute approximate surface area is 142 Å². The van der Waals surface area contributed by atoms with Crippen LogP contribution < -0.4 is 10.7 Å². The number of hydrazone groups is 1. The van der Waals surface area contributed by atoms with E-state index in [2.05, 4.69) is 46.8 Å². The summed E-state index contributed by atoms with van der Waals surface area (Å²) in [7, 11) is 0. The Morgan fingerprint density at radius 2 is 2.13 bits per heavy atom. The van der Waals surface area contributed by atoms with Crippen molar-refractivity contribution >= 4 is 28.7 Å².